The molecule has 2 rings (SSSR count). The monoisotopic (exact) mass is 260 g/mol. The van der Waals surface area contributed by atoms with Gasteiger partial charge in [-0.25, -0.2) is 0 Å². The predicted octanol–water partition coefficient (Wildman–Crippen LogP) is 4.62. The van der Waals surface area contributed by atoms with Crippen molar-refractivity contribution in [1.29, 1.82) is 0 Å². The lowest BCUT2D eigenvalue weighted by molar-refractivity contribution is 0.843. The third-order valence-electron chi connectivity index (χ3n) is 2.29. The van der Waals surface area contributed by atoms with Crippen molar-refractivity contribution in [2.24, 2.45) is 0 Å². The molecule has 1 aromatic carbocycles. The summed E-state index contributed by atoms with van der Waals surface area (Å²) in [5.41, 5.74) is 1.34. The van der Waals surface area contributed by atoms with Gasteiger partial charge < -0.3 is 0 Å². The molecule has 1 fully saturated rings. The van der Waals surface area contributed by atoms with Crippen molar-refractivity contribution in [2.45, 2.75) is 23.8 Å². The summed E-state index contributed by atoms with van der Waals surface area (Å²) in [6, 6.07) is 10.8. The molecule has 3 unspecified atom stereocenters. The molecule has 1 saturated heterocycles. The van der Waals surface area contributed by atoms with Crippen molar-refractivity contribution in [3.8, 4) is 0 Å². The van der Waals surface area contributed by atoms with E-state index in [0.717, 1.165) is 10.5 Å². The van der Waals surface area contributed by atoms with E-state index in [4.69, 9.17) is 0 Å². The summed E-state index contributed by atoms with van der Waals surface area (Å²) >= 11 is 8.67. The lowest BCUT2D eigenvalue weighted by atomic mass is 10.1. The topological polar surface area (TPSA) is 0 Å². The summed E-state index contributed by atoms with van der Waals surface area (Å²) in [4.78, 5) is 0. The molecular formula is C10H13PS3. The fourth-order valence-electron chi connectivity index (χ4n) is 1.49. The molecule has 0 radical (unpaired) electrons. The maximum absolute atomic E-state index is 4.57. The highest BCUT2D eigenvalue weighted by Crippen LogP contribution is 2.74. The number of rotatable bonds is 2. The van der Waals surface area contributed by atoms with E-state index in [-0.39, 0.29) is 5.53 Å². The van der Waals surface area contributed by atoms with Crippen LogP contribution in [0, 0.1) is 0 Å². The van der Waals surface area contributed by atoms with Crippen LogP contribution in [0.4, 0.5) is 0 Å². The molecule has 3 atom stereocenters. The van der Waals surface area contributed by atoms with E-state index in [1.54, 1.807) is 0 Å². The Morgan fingerprint density at radius 3 is 2.57 bits per heavy atom. The highest BCUT2D eigenvalue weighted by molar-refractivity contribution is 9.10. The summed E-state index contributed by atoms with van der Waals surface area (Å²) < 4.78 is 0. The van der Waals surface area contributed by atoms with Crippen LogP contribution in [0.3, 0.4) is 0 Å². The molecule has 1 heterocycles. The normalized spacial score (nSPS) is 32.0. The number of hydrogen-bond acceptors (Lipinski definition) is 3. The maximum Gasteiger partial charge on any atom is 0.0703 e. The lowest BCUT2D eigenvalue weighted by Crippen LogP contribution is -2.14. The second kappa shape index (κ2) is 5.16. The fraction of sp³-hybridized carbons (Fsp3) is 0.400. The van der Waals surface area contributed by atoms with Gasteiger partial charge in [0.15, 0.2) is 0 Å². The van der Waals surface area contributed by atoms with E-state index < -0.39 is 0 Å². The molecule has 1 aromatic rings. The quantitative estimate of drug-likeness (QED) is 0.608. The molecule has 76 valence electrons. The summed E-state index contributed by atoms with van der Waals surface area (Å²) in [6.45, 7) is 2.32. The van der Waals surface area contributed by atoms with Crippen LogP contribution >= 0.6 is 40.5 Å². The van der Waals surface area contributed by atoms with Gasteiger partial charge in [0.25, 0.3) is 0 Å². The highest BCUT2D eigenvalue weighted by Gasteiger charge is 2.30. The first kappa shape index (κ1) is 11.2. The molecule has 0 bridgehead atoms. The van der Waals surface area contributed by atoms with Crippen LogP contribution in [0.1, 0.15) is 12.5 Å². The van der Waals surface area contributed by atoms with Crippen molar-refractivity contribution in [2.75, 3.05) is 0 Å². The van der Waals surface area contributed by atoms with E-state index in [2.05, 4.69) is 60.9 Å². The highest BCUT2D eigenvalue weighted by atomic mass is 33.4. The molecule has 0 aromatic heterocycles. The zero-order valence-corrected chi connectivity index (χ0v) is 11.4. The average Bonchev–Trinajstić information content (AvgIpc) is 2.47. The van der Waals surface area contributed by atoms with Gasteiger partial charge >= 0.3 is 0 Å². The lowest BCUT2D eigenvalue weighted by Gasteiger charge is -2.12. The Hall–Kier alpha value is 0.700. The van der Waals surface area contributed by atoms with Crippen LogP contribution in [-0.2, 0) is 6.42 Å². The minimum absolute atomic E-state index is 0.112. The Morgan fingerprint density at radius 1 is 1.29 bits per heavy atom. The van der Waals surface area contributed by atoms with E-state index in [1.165, 1.54) is 12.0 Å². The first-order chi connectivity index (χ1) is 6.75. The van der Waals surface area contributed by atoms with Crippen LogP contribution < -0.4 is 0 Å². The van der Waals surface area contributed by atoms with Crippen molar-refractivity contribution in [3.05, 3.63) is 35.9 Å². The molecule has 0 aliphatic carbocycles. The summed E-state index contributed by atoms with van der Waals surface area (Å²) in [6.07, 6.45) is 1.19. The van der Waals surface area contributed by atoms with Gasteiger partial charge in [0, 0.05) is 10.5 Å². The average molecular weight is 260 g/mol. The van der Waals surface area contributed by atoms with Crippen LogP contribution in [0.15, 0.2) is 30.3 Å². The van der Waals surface area contributed by atoms with E-state index in [0.29, 0.717) is 0 Å². The Labute approximate surface area is 100 Å². The van der Waals surface area contributed by atoms with Crippen molar-refractivity contribution < 1.29 is 0 Å². The minimum Gasteiger partial charge on any atom is -0.130 e. The van der Waals surface area contributed by atoms with Gasteiger partial charge in [0.1, 0.15) is 0 Å². The second-order valence-corrected chi connectivity index (χ2v) is 12.6. The third kappa shape index (κ3) is 2.85. The Balaban J connectivity index is 1.98. The molecule has 0 saturated carbocycles. The largest absolute Gasteiger partial charge is 0.130 e. The maximum atomic E-state index is 4.57. The first-order valence-corrected chi connectivity index (χ1v) is 10.1. The molecule has 4 heteroatoms. The van der Waals surface area contributed by atoms with E-state index in [9.17, 15) is 0 Å². The summed E-state index contributed by atoms with van der Waals surface area (Å²) in [7, 11) is 0. The van der Waals surface area contributed by atoms with Crippen LogP contribution in [0.2, 0.25) is 0 Å². The predicted molar refractivity (Wildman–Crippen MR) is 74.5 cm³/mol. The van der Waals surface area contributed by atoms with Crippen molar-refractivity contribution >= 4 is 40.5 Å². The van der Waals surface area contributed by atoms with Crippen LogP contribution in [-0.4, -0.2) is 10.5 Å². The summed E-state index contributed by atoms with van der Waals surface area (Å²) in [5.74, 6) is 0. The van der Waals surface area contributed by atoms with Gasteiger partial charge in [-0.15, -0.1) is 35.0 Å². The number of benzene rings is 1. The Bertz CT molecular complexity index is 291. The summed E-state index contributed by atoms with van der Waals surface area (Å²) in [5, 5.41) is 1.51. The molecular weight excluding hydrogens is 247 g/mol. The zero-order chi connectivity index (χ0) is 9.97. The van der Waals surface area contributed by atoms with Gasteiger partial charge in [-0.3, -0.25) is 0 Å². The van der Waals surface area contributed by atoms with Gasteiger partial charge in [0.2, 0.25) is 0 Å². The second-order valence-electron chi connectivity index (χ2n) is 3.38. The van der Waals surface area contributed by atoms with Gasteiger partial charge in [-0.05, 0) is 12.0 Å². The molecule has 0 spiro atoms. The van der Waals surface area contributed by atoms with Gasteiger partial charge in [-0.2, -0.15) is 0 Å². The Kier molecular flexibility index (Phi) is 4.12. The van der Waals surface area contributed by atoms with Crippen molar-refractivity contribution in [3.63, 3.8) is 0 Å². The minimum atomic E-state index is -0.112. The molecule has 1 aliphatic heterocycles. The standard InChI is InChI=1S/C10H13PS3/c1-8-10(14-11(12)13-8)7-9-5-3-2-4-6-9/h2-6,8,10,12H,7H2,1H3. The molecule has 0 amide bonds. The Morgan fingerprint density at radius 2 is 2.00 bits per heavy atom. The number of hydrogen-bond donors (Lipinski definition) is 1. The third-order valence-corrected chi connectivity index (χ3v) is 10.5. The first-order valence-electron chi connectivity index (χ1n) is 4.62. The molecule has 0 nitrogen and oxygen atoms in total. The van der Waals surface area contributed by atoms with Crippen LogP contribution in [0.5, 0.6) is 0 Å². The van der Waals surface area contributed by atoms with E-state index in [1.807, 2.05) is 11.4 Å². The number of thiol groups is 1. The fourth-order valence-corrected chi connectivity index (χ4v) is 11.6. The molecule has 14 heavy (non-hydrogen) atoms. The molecule has 1 aliphatic rings. The van der Waals surface area contributed by atoms with Crippen molar-refractivity contribution in [1.82, 2.24) is 0 Å². The van der Waals surface area contributed by atoms with Gasteiger partial charge in [0.05, 0.1) is 5.53 Å². The smallest absolute Gasteiger partial charge is 0.0703 e. The zero-order valence-electron chi connectivity index (χ0n) is 7.96. The SMILES string of the molecule is CC1SP(S)SC1Cc1ccccc1. The van der Waals surface area contributed by atoms with Crippen LogP contribution in [0.25, 0.3) is 0 Å². The van der Waals surface area contributed by atoms with Gasteiger partial charge in [-0.1, -0.05) is 37.3 Å². The van der Waals surface area contributed by atoms with E-state index >= 15 is 0 Å². The molecule has 0 N–H and O–H groups in total.